The number of imidazole rings is 1. The molecule has 0 saturated heterocycles. The number of rotatable bonds is 4. The van der Waals surface area contributed by atoms with Gasteiger partial charge in [0, 0.05) is 19.8 Å². The third kappa shape index (κ3) is 3.09. The molecule has 0 radical (unpaired) electrons. The van der Waals surface area contributed by atoms with Gasteiger partial charge in [-0.1, -0.05) is 19.3 Å². The van der Waals surface area contributed by atoms with Gasteiger partial charge in [0.05, 0.1) is 11.9 Å². The summed E-state index contributed by atoms with van der Waals surface area (Å²) in [6.07, 6.45) is 7.17. The van der Waals surface area contributed by atoms with Crippen LogP contribution in [0, 0.1) is 0 Å². The Hall–Kier alpha value is -0.920. The number of hydrogen-bond acceptors (Lipinski definition) is 4. The van der Waals surface area contributed by atoms with Crippen molar-refractivity contribution in [3.05, 3.63) is 12.5 Å². The van der Waals surface area contributed by atoms with Crippen LogP contribution in [-0.4, -0.2) is 35.2 Å². The topological polar surface area (TPSA) is 84.2 Å². The number of aryl methyl sites for hydroxylation is 1. The fraction of sp³-hybridized carbons (Fsp3) is 0.727. The van der Waals surface area contributed by atoms with Crippen molar-refractivity contribution < 1.29 is 13.5 Å². The molecule has 1 fully saturated rings. The van der Waals surface area contributed by atoms with Crippen LogP contribution >= 0.6 is 0 Å². The Kier molecular flexibility index (Phi) is 3.74. The number of nitrogens with one attached hydrogen (secondary N) is 1. The molecule has 0 aromatic carbocycles. The fourth-order valence-electron chi connectivity index (χ4n) is 2.22. The molecule has 1 aromatic heterocycles. The molecular weight excluding hydrogens is 254 g/mol. The second-order valence-electron chi connectivity index (χ2n) is 4.99. The monoisotopic (exact) mass is 273 g/mol. The van der Waals surface area contributed by atoms with Gasteiger partial charge in [0.2, 0.25) is 0 Å². The van der Waals surface area contributed by atoms with Gasteiger partial charge in [-0.2, -0.15) is 0 Å². The van der Waals surface area contributed by atoms with E-state index in [9.17, 15) is 13.5 Å². The predicted molar refractivity (Wildman–Crippen MR) is 66.4 cm³/mol. The highest BCUT2D eigenvalue weighted by Crippen LogP contribution is 2.27. The van der Waals surface area contributed by atoms with Crippen molar-refractivity contribution in [3.63, 3.8) is 0 Å². The highest BCUT2D eigenvalue weighted by molar-refractivity contribution is 7.89. The summed E-state index contributed by atoms with van der Waals surface area (Å²) in [5.41, 5.74) is -0.903. The fourth-order valence-corrected chi connectivity index (χ4v) is 3.32. The molecule has 0 amide bonds. The molecule has 0 atom stereocenters. The van der Waals surface area contributed by atoms with Gasteiger partial charge in [0.1, 0.15) is 0 Å². The molecule has 0 aliphatic heterocycles. The zero-order valence-corrected chi connectivity index (χ0v) is 11.3. The third-order valence-electron chi connectivity index (χ3n) is 3.33. The second kappa shape index (κ2) is 4.99. The second-order valence-corrected chi connectivity index (χ2v) is 6.70. The summed E-state index contributed by atoms with van der Waals surface area (Å²) in [6, 6.07) is 0. The molecule has 0 bridgehead atoms. The Morgan fingerprint density at radius 1 is 1.44 bits per heavy atom. The van der Waals surface area contributed by atoms with E-state index in [0.29, 0.717) is 12.8 Å². The van der Waals surface area contributed by atoms with Crippen LogP contribution in [0.15, 0.2) is 17.6 Å². The van der Waals surface area contributed by atoms with Crippen LogP contribution in [-0.2, 0) is 17.1 Å². The summed E-state index contributed by atoms with van der Waals surface area (Å²) in [5, 5.41) is 10.2. The average Bonchev–Trinajstić information content (AvgIpc) is 2.76. The van der Waals surface area contributed by atoms with E-state index >= 15 is 0 Å². The highest BCUT2D eigenvalue weighted by Gasteiger charge is 2.31. The lowest BCUT2D eigenvalue weighted by atomic mass is 9.85. The van der Waals surface area contributed by atoms with E-state index in [1.54, 1.807) is 11.6 Å². The summed E-state index contributed by atoms with van der Waals surface area (Å²) in [7, 11) is -1.91. The van der Waals surface area contributed by atoms with Crippen molar-refractivity contribution in [2.24, 2.45) is 7.05 Å². The summed E-state index contributed by atoms with van der Waals surface area (Å²) >= 11 is 0. The molecule has 1 saturated carbocycles. The summed E-state index contributed by atoms with van der Waals surface area (Å²) in [6.45, 7) is 0.0614. The molecule has 7 heteroatoms. The smallest absolute Gasteiger partial charge is 0.259 e. The van der Waals surface area contributed by atoms with E-state index < -0.39 is 15.6 Å². The standard InChI is InChI=1S/C11H19N3O3S/c1-14-7-10(12-9-14)18(16,17)13-8-11(15)5-3-2-4-6-11/h7,9,13,15H,2-6,8H2,1H3. The molecule has 1 heterocycles. The number of aliphatic hydroxyl groups is 1. The van der Waals surface area contributed by atoms with Crippen LogP contribution in [0.5, 0.6) is 0 Å². The summed E-state index contributed by atoms with van der Waals surface area (Å²) in [4.78, 5) is 3.80. The van der Waals surface area contributed by atoms with Crippen LogP contribution in [0.25, 0.3) is 0 Å². The van der Waals surface area contributed by atoms with Crippen LogP contribution in [0.2, 0.25) is 0 Å². The van der Waals surface area contributed by atoms with E-state index in [-0.39, 0.29) is 11.6 Å². The zero-order valence-electron chi connectivity index (χ0n) is 10.5. The quantitative estimate of drug-likeness (QED) is 0.831. The van der Waals surface area contributed by atoms with Gasteiger partial charge in [-0.25, -0.2) is 18.1 Å². The van der Waals surface area contributed by atoms with E-state index in [4.69, 9.17) is 0 Å². The highest BCUT2D eigenvalue weighted by atomic mass is 32.2. The van der Waals surface area contributed by atoms with E-state index in [0.717, 1.165) is 19.3 Å². The molecule has 2 N–H and O–H groups in total. The molecule has 18 heavy (non-hydrogen) atoms. The van der Waals surface area contributed by atoms with Gasteiger partial charge in [0.25, 0.3) is 10.0 Å². The molecular formula is C11H19N3O3S. The van der Waals surface area contributed by atoms with Gasteiger partial charge in [-0.05, 0) is 12.8 Å². The molecule has 102 valence electrons. The number of nitrogens with zero attached hydrogens (tertiary/aromatic N) is 2. The minimum absolute atomic E-state index is 0.00981. The van der Waals surface area contributed by atoms with Gasteiger partial charge in [-0.3, -0.25) is 0 Å². The Balaban J connectivity index is 2.01. The van der Waals surface area contributed by atoms with E-state index in [1.807, 2.05) is 0 Å². The molecule has 1 aliphatic rings. The SMILES string of the molecule is Cn1cnc(S(=O)(=O)NCC2(O)CCCCC2)c1. The van der Waals surface area contributed by atoms with Crippen LogP contribution in [0.1, 0.15) is 32.1 Å². The van der Waals surface area contributed by atoms with Gasteiger partial charge in [-0.15, -0.1) is 0 Å². The first-order valence-corrected chi connectivity index (χ1v) is 7.60. The third-order valence-corrected chi connectivity index (χ3v) is 4.62. The van der Waals surface area contributed by atoms with Gasteiger partial charge < -0.3 is 9.67 Å². The van der Waals surface area contributed by atoms with Crippen molar-refractivity contribution in [1.82, 2.24) is 14.3 Å². The van der Waals surface area contributed by atoms with Crippen molar-refractivity contribution in [1.29, 1.82) is 0 Å². The van der Waals surface area contributed by atoms with Gasteiger partial charge in [0.15, 0.2) is 5.03 Å². The van der Waals surface area contributed by atoms with Crippen molar-refractivity contribution in [2.45, 2.75) is 42.7 Å². The number of aromatic nitrogens is 2. The largest absolute Gasteiger partial charge is 0.389 e. The van der Waals surface area contributed by atoms with Crippen LogP contribution in [0.4, 0.5) is 0 Å². The minimum atomic E-state index is -3.62. The average molecular weight is 273 g/mol. The first kappa shape index (κ1) is 13.5. The molecule has 0 unspecified atom stereocenters. The number of sulfonamides is 1. The number of hydrogen-bond donors (Lipinski definition) is 2. The maximum Gasteiger partial charge on any atom is 0.259 e. The Morgan fingerprint density at radius 2 is 2.11 bits per heavy atom. The van der Waals surface area contributed by atoms with Crippen LogP contribution < -0.4 is 4.72 Å². The molecule has 0 spiro atoms. The minimum Gasteiger partial charge on any atom is -0.389 e. The molecule has 1 aromatic rings. The maximum absolute atomic E-state index is 11.9. The Morgan fingerprint density at radius 3 is 2.67 bits per heavy atom. The van der Waals surface area contributed by atoms with Crippen molar-refractivity contribution in [2.75, 3.05) is 6.54 Å². The normalized spacial score (nSPS) is 19.9. The van der Waals surface area contributed by atoms with Crippen LogP contribution in [0.3, 0.4) is 0 Å². The molecule has 1 aliphatic carbocycles. The lowest BCUT2D eigenvalue weighted by Crippen LogP contribution is -2.44. The summed E-state index contributed by atoms with van der Waals surface area (Å²) < 4.78 is 27.9. The van der Waals surface area contributed by atoms with E-state index in [2.05, 4.69) is 9.71 Å². The zero-order chi connectivity index (χ0) is 13.2. The molecule has 2 rings (SSSR count). The Bertz CT molecular complexity index is 503. The van der Waals surface area contributed by atoms with Gasteiger partial charge >= 0.3 is 0 Å². The first-order chi connectivity index (χ1) is 8.41. The first-order valence-electron chi connectivity index (χ1n) is 6.11. The molecule has 6 nitrogen and oxygen atoms in total. The summed E-state index contributed by atoms with van der Waals surface area (Å²) in [5.74, 6) is 0. The maximum atomic E-state index is 11.9. The van der Waals surface area contributed by atoms with Crippen molar-refractivity contribution in [3.8, 4) is 0 Å². The Labute approximate surface area is 107 Å². The van der Waals surface area contributed by atoms with Crippen molar-refractivity contribution >= 4 is 10.0 Å². The predicted octanol–water partition coefficient (Wildman–Crippen LogP) is 0.394. The lowest BCUT2D eigenvalue weighted by Gasteiger charge is -2.31. The van der Waals surface area contributed by atoms with E-state index in [1.165, 1.54) is 12.5 Å². The lowest BCUT2D eigenvalue weighted by molar-refractivity contribution is 0.00944.